The molecule has 0 saturated heterocycles. The molecule has 3 nitrogen and oxygen atoms in total. The molecule has 4 heteroatoms. The summed E-state index contributed by atoms with van der Waals surface area (Å²) in [4.78, 5) is 8.26. The highest BCUT2D eigenvalue weighted by Gasteiger charge is 2.22. The van der Waals surface area contributed by atoms with Crippen LogP contribution in [0.4, 0.5) is 4.39 Å². The molecule has 0 amide bonds. The maximum atomic E-state index is 14.5. The minimum Gasteiger partial charge on any atom is -0.382 e. The van der Waals surface area contributed by atoms with Crippen molar-refractivity contribution in [3.05, 3.63) is 35.6 Å². The van der Waals surface area contributed by atoms with E-state index in [1.54, 1.807) is 12.3 Å². The second kappa shape index (κ2) is 7.34. The Morgan fingerprint density at radius 2 is 2.29 bits per heavy atom. The summed E-state index contributed by atoms with van der Waals surface area (Å²) in [6.07, 6.45) is 12.1. The first-order valence-electron chi connectivity index (χ1n) is 7.73. The molecule has 2 rings (SSSR count). The van der Waals surface area contributed by atoms with Crippen LogP contribution in [0.5, 0.6) is 0 Å². The van der Waals surface area contributed by atoms with Gasteiger partial charge >= 0.3 is 0 Å². The summed E-state index contributed by atoms with van der Waals surface area (Å²) in [5.41, 5.74) is 7.50. The molecule has 1 saturated carbocycles. The second-order valence-corrected chi connectivity index (χ2v) is 5.68. The van der Waals surface area contributed by atoms with Crippen LogP contribution < -0.4 is 5.73 Å². The number of nitrogens with two attached hydrogens (primary N) is 1. The second-order valence-electron chi connectivity index (χ2n) is 5.68. The molecule has 1 fully saturated rings. The van der Waals surface area contributed by atoms with Gasteiger partial charge in [0.25, 0.3) is 0 Å². The molecule has 0 aromatic heterocycles. The third-order valence-electron chi connectivity index (χ3n) is 4.14. The molecule has 0 aromatic carbocycles. The summed E-state index contributed by atoms with van der Waals surface area (Å²) in [7, 11) is 0. The first-order valence-corrected chi connectivity index (χ1v) is 7.73. The third kappa shape index (κ3) is 4.13. The Morgan fingerprint density at radius 1 is 1.52 bits per heavy atom. The Balaban J connectivity index is 2.13. The lowest BCUT2D eigenvalue weighted by atomic mass is 9.78. The fraction of sp³-hybridized carbons (Fsp3) is 0.529. The lowest BCUT2D eigenvalue weighted by Gasteiger charge is -2.27. The van der Waals surface area contributed by atoms with E-state index in [0.29, 0.717) is 18.2 Å². The Bertz CT molecular complexity index is 522. The summed E-state index contributed by atoms with van der Waals surface area (Å²) in [5, 5.41) is 0. The number of halogens is 1. The topological polar surface area (TPSA) is 50.7 Å². The molecule has 0 aromatic rings. The van der Waals surface area contributed by atoms with Crippen molar-refractivity contribution in [2.24, 2.45) is 27.6 Å². The maximum absolute atomic E-state index is 14.5. The fourth-order valence-electron chi connectivity index (χ4n) is 2.53. The average molecular weight is 289 g/mol. The summed E-state index contributed by atoms with van der Waals surface area (Å²) in [5.74, 6) is 0.445. The van der Waals surface area contributed by atoms with E-state index in [2.05, 4.69) is 23.0 Å². The SMILES string of the molecule is CC/C=C(\C=C(\F)C(C)C1=NC=C(N)N=CC1)C1CCC1. The Labute approximate surface area is 126 Å². The van der Waals surface area contributed by atoms with Gasteiger partial charge in [-0.1, -0.05) is 26.3 Å². The monoisotopic (exact) mass is 289 g/mol. The predicted octanol–water partition coefficient (Wildman–Crippen LogP) is 4.29. The van der Waals surface area contributed by atoms with Crippen LogP contribution in [-0.2, 0) is 0 Å². The van der Waals surface area contributed by atoms with Crippen molar-refractivity contribution in [1.82, 2.24) is 0 Å². The van der Waals surface area contributed by atoms with Crippen LogP contribution in [0.15, 0.2) is 45.6 Å². The molecule has 1 unspecified atom stereocenters. The van der Waals surface area contributed by atoms with Crippen molar-refractivity contribution >= 4 is 11.9 Å². The minimum atomic E-state index is -0.334. The van der Waals surface area contributed by atoms with Gasteiger partial charge in [-0.3, -0.25) is 4.99 Å². The molecule has 0 spiro atoms. The van der Waals surface area contributed by atoms with Crippen LogP contribution >= 0.6 is 0 Å². The zero-order valence-corrected chi connectivity index (χ0v) is 12.8. The number of hydrogen-bond donors (Lipinski definition) is 1. The van der Waals surface area contributed by atoms with Crippen LogP contribution in [0.3, 0.4) is 0 Å². The highest BCUT2D eigenvalue weighted by atomic mass is 19.1. The maximum Gasteiger partial charge on any atom is 0.141 e. The van der Waals surface area contributed by atoms with E-state index in [-0.39, 0.29) is 11.7 Å². The van der Waals surface area contributed by atoms with Gasteiger partial charge in [-0.2, -0.15) is 0 Å². The lowest BCUT2D eigenvalue weighted by Crippen LogP contribution is -2.15. The summed E-state index contributed by atoms with van der Waals surface area (Å²) in [6, 6.07) is 0. The van der Waals surface area contributed by atoms with Crippen LogP contribution in [0.1, 0.15) is 46.0 Å². The van der Waals surface area contributed by atoms with E-state index in [0.717, 1.165) is 17.7 Å². The smallest absolute Gasteiger partial charge is 0.141 e. The normalized spacial score (nSPS) is 22.2. The van der Waals surface area contributed by atoms with E-state index in [1.807, 2.05) is 6.92 Å². The van der Waals surface area contributed by atoms with Crippen molar-refractivity contribution < 1.29 is 4.39 Å². The Hall–Kier alpha value is -1.71. The van der Waals surface area contributed by atoms with Gasteiger partial charge in [-0.15, -0.1) is 0 Å². The number of nitrogens with zero attached hydrogens (tertiary/aromatic N) is 2. The van der Waals surface area contributed by atoms with E-state index < -0.39 is 0 Å². The largest absolute Gasteiger partial charge is 0.382 e. The van der Waals surface area contributed by atoms with Crippen molar-refractivity contribution in [2.75, 3.05) is 0 Å². The van der Waals surface area contributed by atoms with E-state index in [4.69, 9.17) is 5.73 Å². The van der Waals surface area contributed by atoms with E-state index >= 15 is 0 Å². The molecule has 2 N–H and O–H groups in total. The van der Waals surface area contributed by atoms with E-state index in [9.17, 15) is 4.39 Å². The van der Waals surface area contributed by atoms with Crippen molar-refractivity contribution in [3.8, 4) is 0 Å². The predicted molar refractivity (Wildman–Crippen MR) is 86.9 cm³/mol. The first-order chi connectivity index (χ1) is 10.1. The Morgan fingerprint density at radius 3 is 2.90 bits per heavy atom. The van der Waals surface area contributed by atoms with Gasteiger partial charge in [-0.05, 0) is 36.8 Å². The fourth-order valence-corrected chi connectivity index (χ4v) is 2.53. The molecule has 1 atom stereocenters. The zero-order chi connectivity index (χ0) is 15.2. The van der Waals surface area contributed by atoms with E-state index in [1.165, 1.54) is 25.5 Å². The molecule has 21 heavy (non-hydrogen) atoms. The summed E-state index contributed by atoms with van der Waals surface area (Å²) in [6.45, 7) is 3.94. The van der Waals surface area contributed by atoms with Crippen LogP contribution in [0, 0.1) is 11.8 Å². The van der Waals surface area contributed by atoms with Gasteiger partial charge in [0.05, 0.1) is 6.20 Å². The van der Waals surface area contributed by atoms with Crippen molar-refractivity contribution in [1.29, 1.82) is 0 Å². The average Bonchev–Trinajstić information content (AvgIpc) is 2.61. The molecule has 0 radical (unpaired) electrons. The van der Waals surface area contributed by atoms with Gasteiger partial charge in [0, 0.05) is 24.3 Å². The third-order valence-corrected chi connectivity index (χ3v) is 4.14. The van der Waals surface area contributed by atoms with Crippen LogP contribution in [-0.4, -0.2) is 11.9 Å². The number of hydrogen-bond acceptors (Lipinski definition) is 3. The van der Waals surface area contributed by atoms with Gasteiger partial charge in [0.2, 0.25) is 0 Å². The molecule has 114 valence electrons. The number of allylic oxidation sites excluding steroid dienone is 4. The molecule has 2 aliphatic rings. The standard InChI is InChI=1S/C17H24FN3/c1-3-5-14(13-6-4-7-13)10-15(18)12(2)16-8-9-20-17(19)11-21-16/h5,9-13H,3-4,6-8,19H2,1-2H3/b14-5+,15-10+. The highest BCUT2D eigenvalue weighted by molar-refractivity contribution is 5.99. The van der Waals surface area contributed by atoms with Gasteiger partial charge in [0.1, 0.15) is 11.6 Å². The quantitative estimate of drug-likeness (QED) is 0.754. The first kappa shape index (κ1) is 15.7. The summed E-state index contributed by atoms with van der Waals surface area (Å²) < 4.78 is 14.5. The summed E-state index contributed by atoms with van der Waals surface area (Å²) >= 11 is 0. The number of aliphatic imine (C=N–C) groups is 2. The molecule has 0 bridgehead atoms. The Kier molecular flexibility index (Phi) is 5.48. The van der Waals surface area contributed by atoms with Crippen molar-refractivity contribution in [3.63, 3.8) is 0 Å². The van der Waals surface area contributed by atoms with Crippen LogP contribution in [0.25, 0.3) is 0 Å². The highest BCUT2D eigenvalue weighted by Crippen LogP contribution is 2.35. The van der Waals surface area contributed by atoms with Gasteiger partial charge in [-0.25, -0.2) is 9.38 Å². The molecule has 1 heterocycles. The van der Waals surface area contributed by atoms with Crippen molar-refractivity contribution in [2.45, 2.75) is 46.0 Å². The molecule has 1 aliphatic carbocycles. The lowest BCUT2D eigenvalue weighted by molar-refractivity contribution is 0.371. The van der Waals surface area contributed by atoms with Crippen LogP contribution in [0.2, 0.25) is 0 Å². The molecule has 1 aliphatic heterocycles. The zero-order valence-electron chi connectivity index (χ0n) is 12.8. The minimum absolute atomic E-state index is 0.123. The molecular formula is C17H24FN3. The molecular weight excluding hydrogens is 265 g/mol. The van der Waals surface area contributed by atoms with Gasteiger partial charge < -0.3 is 5.73 Å². The van der Waals surface area contributed by atoms with Gasteiger partial charge in [0.15, 0.2) is 0 Å². The number of rotatable bonds is 5.